The zero-order chi connectivity index (χ0) is 14.7. The van der Waals surface area contributed by atoms with E-state index in [0.717, 1.165) is 23.5 Å². The second kappa shape index (κ2) is 6.27. The Morgan fingerprint density at radius 2 is 2.20 bits per heavy atom. The number of thiazole rings is 1. The Labute approximate surface area is 125 Å². The highest BCUT2D eigenvalue weighted by Gasteiger charge is 2.14. The summed E-state index contributed by atoms with van der Waals surface area (Å²) in [7, 11) is 0. The first-order chi connectivity index (χ1) is 9.51. The van der Waals surface area contributed by atoms with Gasteiger partial charge in [-0.2, -0.15) is 0 Å². The third kappa shape index (κ3) is 3.31. The fraction of sp³-hybridized carbons (Fsp3) is 0.167. The van der Waals surface area contributed by atoms with Crippen molar-refractivity contribution in [2.45, 2.75) is 6.92 Å². The van der Waals surface area contributed by atoms with E-state index >= 15 is 0 Å². The van der Waals surface area contributed by atoms with Gasteiger partial charge in [0.15, 0.2) is 10.8 Å². The number of hydrogen-bond acceptors (Lipinski definition) is 5. The molecule has 0 saturated carbocycles. The molecule has 20 heavy (non-hydrogen) atoms. The van der Waals surface area contributed by atoms with Crippen molar-refractivity contribution in [2.24, 2.45) is 0 Å². The van der Waals surface area contributed by atoms with Crippen molar-refractivity contribution in [1.29, 1.82) is 0 Å². The summed E-state index contributed by atoms with van der Waals surface area (Å²) in [5.41, 5.74) is 0.0628. The van der Waals surface area contributed by atoms with Crippen LogP contribution in [0.2, 0.25) is 0 Å². The van der Waals surface area contributed by atoms with Crippen LogP contribution in [-0.4, -0.2) is 17.6 Å². The van der Waals surface area contributed by atoms with Crippen LogP contribution in [0.4, 0.5) is 19.6 Å². The van der Waals surface area contributed by atoms with Gasteiger partial charge in [0.2, 0.25) is 0 Å². The summed E-state index contributed by atoms with van der Waals surface area (Å²) in [5, 5.41) is 4.37. The Bertz CT molecular complexity index is 648. The molecule has 0 unspecified atom stereocenters. The molecule has 0 radical (unpaired) electrons. The van der Waals surface area contributed by atoms with Gasteiger partial charge in [-0.15, -0.1) is 11.3 Å². The minimum atomic E-state index is -0.633. The topological polar surface area (TPSA) is 51.2 Å². The van der Waals surface area contributed by atoms with Crippen molar-refractivity contribution in [3.05, 3.63) is 39.3 Å². The van der Waals surface area contributed by atoms with Crippen molar-refractivity contribution in [3.63, 3.8) is 0 Å². The average molecular weight is 363 g/mol. The summed E-state index contributed by atoms with van der Waals surface area (Å²) < 4.78 is 31.8. The monoisotopic (exact) mass is 362 g/mol. The summed E-state index contributed by atoms with van der Waals surface area (Å²) in [6.07, 6.45) is 0. The standard InChI is InChI=1S/C12H9BrF2N2O2S/c1-2-19-11(18)10-5-20-12(17-10)16-9-4-7(14)6(13)3-8(9)15/h3-5H,2H2,1H3,(H,16,17). The van der Waals surface area contributed by atoms with Crippen LogP contribution in [0.3, 0.4) is 0 Å². The summed E-state index contributed by atoms with van der Waals surface area (Å²) in [6.45, 7) is 1.93. The lowest BCUT2D eigenvalue weighted by Crippen LogP contribution is -2.05. The van der Waals surface area contributed by atoms with Crippen molar-refractivity contribution in [3.8, 4) is 0 Å². The van der Waals surface area contributed by atoms with E-state index in [0.29, 0.717) is 0 Å². The first-order valence-corrected chi connectivity index (χ1v) is 7.22. The van der Waals surface area contributed by atoms with Gasteiger partial charge in [0.25, 0.3) is 0 Å². The number of hydrogen-bond donors (Lipinski definition) is 1. The Hall–Kier alpha value is -1.54. The summed E-state index contributed by atoms with van der Waals surface area (Å²) in [4.78, 5) is 15.4. The molecule has 8 heteroatoms. The molecule has 106 valence electrons. The van der Waals surface area contributed by atoms with Gasteiger partial charge in [0, 0.05) is 11.4 Å². The van der Waals surface area contributed by atoms with Crippen LogP contribution < -0.4 is 5.32 Å². The number of halogens is 3. The van der Waals surface area contributed by atoms with E-state index in [2.05, 4.69) is 26.2 Å². The molecule has 0 saturated heterocycles. The van der Waals surface area contributed by atoms with E-state index in [9.17, 15) is 13.6 Å². The normalized spacial score (nSPS) is 10.4. The highest BCUT2D eigenvalue weighted by atomic mass is 79.9. The Morgan fingerprint density at radius 3 is 2.90 bits per heavy atom. The maximum Gasteiger partial charge on any atom is 0.357 e. The second-order valence-corrected chi connectivity index (χ2v) is 5.34. The van der Waals surface area contributed by atoms with Gasteiger partial charge < -0.3 is 10.1 Å². The number of carbonyl (C=O) groups is 1. The van der Waals surface area contributed by atoms with Gasteiger partial charge in [-0.3, -0.25) is 0 Å². The van der Waals surface area contributed by atoms with Gasteiger partial charge in [-0.1, -0.05) is 0 Å². The summed E-state index contributed by atoms with van der Waals surface area (Å²) >= 11 is 3.98. The maximum atomic E-state index is 13.6. The van der Waals surface area contributed by atoms with Gasteiger partial charge in [0.05, 0.1) is 16.8 Å². The number of nitrogens with zero attached hydrogens (tertiary/aromatic N) is 1. The van der Waals surface area contributed by atoms with Crippen LogP contribution in [0.25, 0.3) is 0 Å². The number of nitrogens with one attached hydrogen (secondary N) is 1. The van der Waals surface area contributed by atoms with Crippen molar-refractivity contribution < 1.29 is 18.3 Å². The zero-order valence-corrected chi connectivity index (χ0v) is 12.6. The highest BCUT2D eigenvalue weighted by molar-refractivity contribution is 9.10. The van der Waals surface area contributed by atoms with Crippen molar-refractivity contribution in [2.75, 3.05) is 11.9 Å². The van der Waals surface area contributed by atoms with E-state index in [1.807, 2.05) is 0 Å². The number of anilines is 2. The molecule has 1 heterocycles. The van der Waals surface area contributed by atoms with Crippen molar-refractivity contribution in [1.82, 2.24) is 4.98 Å². The van der Waals surface area contributed by atoms with Crippen LogP contribution >= 0.6 is 27.3 Å². The number of rotatable bonds is 4. The first kappa shape index (κ1) is 14.9. The lowest BCUT2D eigenvalue weighted by Gasteiger charge is -2.05. The van der Waals surface area contributed by atoms with Gasteiger partial charge in [-0.05, 0) is 28.9 Å². The van der Waals surface area contributed by atoms with Crippen LogP contribution in [0.5, 0.6) is 0 Å². The molecule has 2 aromatic rings. The molecule has 0 fully saturated rings. The van der Waals surface area contributed by atoms with Crippen LogP contribution in [0.1, 0.15) is 17.4 Å². The Morgan fingerprint density at radius 1 is 1.45 bits per heavy atom. The van der Waals surface area contributed by atoms with Crippen LogP contribution in [0, 0.1) is 11.6 Å². The fourth-order valence-electron chi connectivity index (χ4n) is 1.36. The van der Waals surface area contributed by atoms with Gasteiger partial charge >= 0.3 is 5.97 Å². The molecule has 0 spiro atoms. The van der Waals surface area contributed by atoms with Gasteiger partial charge in [-0.25, -0.2) is 18.6 Å². The maximum absolute atomic E-state index is 13.6. The molecular weight excluding hydrogens is 354 g/mol. The molecule has 0 bridgehead atoms. The average Bonchev–Trinajstić information content (AvgIpc) is 2.85. The third-order valence-corrected chi connectivity index (χ3v) is 3.61. The molecule has 0 atom stereocenters. The van der Waals surface area contributed by atoms with E-state index < -0.39 is 17.6 Å². The molecule has 1 aromatic carbocycles. The Kier molecular flexibility index (Phi) is 4.66. The number of esters is 1. The minimum absolute atomic E-state index is 0.0342. The number of aromatic nitrogens is 1. The van der Waals surface area contributed by atoms with Crippen LogP contribution in [-0.2, 0) is 4.74 Å². The van der Waals surface area contributed by atoms with E-state index in [1.165, 1.54) is 5.38 Å². The smallest absolute Gasteiger partial charge is 0.357 e. The fourth-order valence-corrected chi connectivity index (χ4v) is 2.37. The lowest BCUT2D eigenvalue weighted by molar-refractivity contribution is 0.0520. The van der Waals surface area contributed by atoms with E-state index in [1.54, 1.807) is 6.92 Å². The quantitative estimate of drug-likeness (QED) is 0.656. The number of benzene rings is 1. The first-order valence-electron chi connectivity index (χ1n) is 5.55. The zero-order valence-electron chi connectivity index (χ0n) is 10.2. The third-order valence-electron chi connectivity index (χ3n) is 2.24. The highest BCUT2D eigenvalue weighted by Crippen LogP contribution is 2.27. The predicted molar refractivity (Wildman–Crippen MR) is 75.4 cm³/mol. The second-order valence-electron chi connectivity index (χ2n) is 3.63. The summed E-state index contributed by atoms with van der Waals surface area (Å²) in [5.74, 6) is -1.79. The lowest BCUT2D eigenvalue weighted by atomic mass is 10.3. The molecular formula is C12H9BrF2N2O2S. The SMILES string of the molecule is CCOC(=O)c1csc(Nc2cc(F)c(Br)cc2F)n1. The molecule has 4 nitrogen and oxygen atoms in total. The predicted octanol–water partition coefficient (Wildman–Crippen LogP) is 4.10. The Balaban J connectivity index is 2.19. The molecule has 1 N–H and O–H groups in total. The number of ether oxygens (including phenoxy) is 1. The number of carbonyl (C=O) groups excluding carboxylic acids is 1. The molecule has 2 rings (SSSR count). The summed E-state index contributed by atoms with van der Waals surface area (Å²) in [6, 6.07) is 2.02. The molecule has 1 aromatic heterocycles. The largest absolute Gasteiger partial charge is 0.461 e. The van der Waals surface area contributed by atoms with Gasteiger partial charge in [0.1, 0.15) is 11.6 Å². The molecule has 0 aliphatic carbocycles. The van der Waals surface area contributed by atoms with Crippen LogP contribution in [0.15, 0.2) is 22.0 Å². The molecule has 0 aliphatic rings. The van der Waals surface area contributed by atoms with Crippen molar-refractivity contribution >= 4 is 44.1 Å². The van der Waals surface area contributed by atoms with E-state index in [-0.39, 0.29) is 27.6 Å². The minimum Gasteiger partial charge on any atom is -0.461 e. The molecule has 0 aliphatic heterocycles. The van der Waals surface area contributed by atoms with E-state index in [4.69, 9.17) is 4.74 Å². The molecule has 0 amide bonds.